The highest BCUT2D eigenvalue weighted by Gasteiger charge is 2.52. The average molecular weight is 342 g/mol. The van der Waals surface area contributed by atoms with Gasteiger partial charge in [0.1, 0.15) is 5.60 Å². The number of carbonyl (C=O) groups is 2. The Morgan fingerprint density at radius 1 is 1.28 bits per heavy atom. The summed E-state index contributed by atoms with van der Waals surface area (Å²) < 4.78 is 6.11. The minimum atomic E-state index is -0.117. The number of benzene rings is 1. The fourth-order valence-corrected chi connectivity index (χ4v) is 3.96. The molecule has 1 spiro atoms. The second-order valence-corrected chi connectivity index (χ2v) is 7.99. The van der Waals surface area contributed by atoms with Gasteiger partial charge in [-0.3, -0.25) is 9.59 Å². The van der Waals surface area contributed by atoms with Crippen LogP contribution in [0.3, 0.4) is 0 Å². The molecule has 25 heavy (non-hydrogen) atoms. The molecule has 4 rings (SSSR count). The highest BCUT2D eigenvalue weighted by molar-refractivity contribution is 5.94. The lowest BCUT2D eigenvalue weighted by molar-refractivity contribution is -0.189. The van der Waals surface area contributed by atoms with Crippen molar-refractivity contribution < 1.29 is 14.3 Å². The van der Waals surface area contributed by atoms with Gasteiger partial charge in [0.25, 0.3) is 5.91 Å². The van der Waals surface area contributed by atoms with Gasteiger partial charge in [-0.05, 0) is 43.2 Å². The SMILES string of the molecule is CC1CC1C(=O)N1CC2(CCC(CNC(=O)c3ccccc3)CO2)C1. The van der Waals surface area contributed by atoms with E-state index in [1.807, 2.05) is 35.2 Å². The highest BCUT2D eigenvalue weighted by atomic mass is 16.5. The van der Waals surface area contributed by atoms with Crippen molar-refractivity contribution in [1.82, 2.24) is 10.2 Å². The molecule has 2 heterocycles. The average Bonchev–Trinajstić information content (AvgIpc) is 3.35. The van der Waals surface area contributed by atoms with Crippen LogP contribution in [0.15, 0.2) is 30.3 Å². The molecule has 1 aromatic carbocycles. The molecule has 5 nitrogen and oxygen atoms in total. The first-order valence-electron chi connectivity index (χ1n) is 9.32. The number of hydrogen-bond acceptors (Lipinski definition) is 3. The molecule has 0 bridgehead atoms. The van der Waals surface area contributed by atoms with Crippen molar-refractivity contribution in [3.8, 4) is 0 Å². The largest absolute Gasteiger partial charge is 0.371 e. The van der Waals surface area contributed by atoms with Crippen molar-refractivity contribution in [3.05, 3.63) is 35.9 Å². The van der Waals surface area contributed by atoms with E-state index in [1.54, 1.807) is 0 Å². The molecule has 0 radical (unpaired) electrons. The summed E-state index contributed by atoms with van der Waals surface area (Å²) in [6.07, 6.45) is 3.06. The van der Waals surface area contributed by atoms with Crippen LogP contribution in [0, 0.1) is 17.8 Å². The minimum Gasteiger partial charge on any atom is -0.371 e. The fourth-order valence-electron chi connectivity index (χ4n) is 3.96. The van der Waals surface area contributed by atoms with E-state index in [9.17, 15) is 9.59 Å². The van der Waals surface area contributed by atoms with Gasteiger partial charge in [-0.15, -0.1) is 0 Å². The molecular weight excluding hydrogens is 316 g/mol. The van der Waals surface area contributed by atoms with E-state index in [1.165, 1.54) is 0 Å². The number of rotatable bonds is 4. The molecule has 0 aromatic heterocycles. The third-order valence-electron chi connectivity index (χ3n) is 5.92. The van der Waals surface area contributed by atoms with Crippen LogP contribution in [0.4, 0.5) is 0 Å². The summed E-state index contributed by atoms with van der Waals surface area (Å²) >= 11 is 0. The number of nitrogens with one attached hydrogen (secondary N) is 1. The van der Waals surface area contributed by atoms with Crippen LogP contribution < -0.4 is 5.32 Å². The maximum absolute atomic E-state index is 12.2. The van der Waals surface area contributed by atoms with Crippen LogP contribution in [-0.4, -0.2) is 48.6 Å². The maximum Gasteiger partial charge on any atom is 0.251 e. The fraction of sp³-hybridized carbons (Fsp3) is 0.600. The number of amides is 2. The van der Waals surface area contributed by atoms with Crippen molar-refractivity contribution in [1.29, 1.82) is 0 Å². The first-order valence-corrected chi connectivity index (χ1v) is 9.32. The Kier molecular flexibility index (Phi) is 4.28. The Labute approximate surface area is 148 Å². The molecule has 1 N–H and O–H groups in total. The number of carbonyl (C=O) groups excluding carboxylic acids is 2. The quantitative estimate of drug-likeness (QED) is 0.911. The lowest BCUT2D eigenvalue weighted by atomic mass is 9.82. The molecular formula is C20H26N2O3. The van der Waals surface area contributed by atoms with Gasteiger partial charge in [-0.1, -0.05) is 25.1 Å². The Hall–Kier alpha value is -1.88. The summed E-state index contributed by atoms with van der Waals surface area (Å²) in [4.78, 5) is 26.3. The number of likely N-dealkylation sites (tertiary alicyclic amines) is 1. The summed E-state index contributed by atoms with van der Waals surface area (Å²) in [7, 11) is 0. The highest BCUT2D eigenvalue weighted by Crippen LogP contribution is 2.43. The van der Waals surface area contributed by atoms with Crippen molar-refractivity contribution in [2.45, 2.75) is 31.8 Å². The lowest BCUT2D eigenvalue weighted by Crippen LogP contribution is -2.66. The normalized spacial score (nSPS) is 29.8. The van der Waals surface area contributed by atoms with E-state index >= 15 is 0 Å². The van der Waals surface area contributed by atoms with Crippen LogP contribution in [0.2, 0.25) is 0 Å². The maximum atomic E-state index is 12.2. The monoisotopic (exact) mass is 342 g/mol. The van der Waals surface area contributed by atoms with Crippen molar-refractivity contribution >= 4 is 11.8 Å². The smallest absolute Gasteiger partial charge is 0.251 e. The zero-order chi connectivity index (χ0) is 17.4. The molecule has 3 atom stereocenters. The third kappa shape index (κ3) is 3.43. The van der Waals surface area contributed by atoms with E-state index in [0.717, 1.165) is 32.4 Å². The summed E-state index contributed by atoms with van der Waals surface area (Å²) in [5, 5.41) is 3.00. The van der Waals surface area contributed by atoms with E-state index in [4.69, 9.17) is 4.74 Å². The zero-order valence-corrected chi connectivity index (χ0v) is 14.7. The number of hydrogen-bond donors (Lipinski definition) is 1. The van der Waals surface area contributed by atoms with Crippen molar-refractivity contribution in [2.24, 2.45) is 17.8 Å². The van der Waals surface area contributed by atoms with Crippen LogP contribution in [0.25, 0.3) is 0 Å². The molecule has 2 aliphatic heterocycles. The summed E-state index contributed by atoms with van der Waals surface area (Å²) in [5.41, 5.74) is 0.575. The predicted molar refractivity (Wildman–Crippen MR) is 94.0 cm³/mol. The predicted octanol–water partition coefficient (Wildman–Crippen LogP) is 2.08. The molecule has 1 aliphatic carbocycles. The molecule has 5 heteroatoms. The van der Waals surface area contributed by atoms with Gasteiger partial charge in [0, 0.05) is 18.0 Å². The van der Waals surface area contributed by atoms with Crippen LogP contribution in [0.5, 0.6) is 0 Å². The Balaban J connectivity index is 1.19. The van der Waals surface area contributed by atoms with Gasteiger partial charge < -0.3 is 15.0 Å². The second kappa shape index (κ2) is 6.45. The summed E-state index contributed by atoms with van der Waals surface area (Å²) in [6, 6.07) is 9.29. The topological polar surface area (TPSA) is 58.6 Å². The van der Waals surface area contributed by atoms with Gasteiger partial charge >= 0.3 is 0 Å². The summed E-state index contributed by atoms with van der Waals surface area (Å²) in [6.45, 7) is 4.95. The van der Waals surface area contributed by atoms with E-state index in [0.29, 0.717) is 36.5 Å². The van der Waals surface area contributed by atoms with Gasteiger partial charge in [0.05, 0.1) is 19.7 Å². The second-order valence-electron chi connectivity index (χ2n) is 7.99. The molecule has 1 saturated carbocycles. The standard InChI is InChI=1S/C20H26N2O3/c1-14-9-17(14)19(24)22-12-20(13-22)8-7-15(11-25-20)10-21-18(23)16-5-3-2-4-6-16/h2-6,14-15,17H,7-13H2,1H3,(H,21,23). The van der Waals surface area contributed by atoms with Crippen LogP contribution in [0.1, 0.15) is 36.5 Å². The third-order valence-corrected chi connectivity index (χ3v) is 5.92. The molecule has 2 amide bonds. The van der Waals surface area contributed by atoms with Gasteiger partial charge in [-0.25, -0.2) is 0 Å². The Morgan fingerprint density at radius 2 is 2.00 bits per heavy atom. The molecule has 3 aliphatic rings. The minimum absolute atomic E-state index is 0.0279. The van der Waals surface area contributed by atoms with E-state index in [-0.39, 0.29) is 17.4 Å². The van der Waals surface area contributed by atoms with Crippen molar-refractivity contribution in [2.75, 3.05) is 26.2 Å². The molecule has 1 aromatic rings. The Morgan fingerprint density at radius 3 is 2.60 bits per heavy atom. The van der Waals surface area contributed by atoms with Crippen LogP contribution >= 0.6 is 0 Å². The number of ether oxygens (including phenoxy) is 1. The van der Waals surface area contributed by atoms with Crippen molar-refractivity contribution in [3.63, 3.8) is 0 Å². The van der Waals surface area contributed by atoms with Gasteiger partial charge in [-0.2, -0.15) is 0 Å². The first kappa shape index (κ1) is 16.6. The van der Waals surface area contributed by atoms with E-state index in [2.05, 4.69) is 12.2 Å². The van der Waals surface area contributed by atoms with Gasteiger partial charge in [0.15, 0.2) is 0 Å². The molecule has 3 unspecified atom stereocenters. The zero-order valence-electron chi connectivity index (χ0n) is 14.7. The first-order chi connectivity index (χ1) is 12.1. The number of nitrogens with zero attached hydrogens (tertiary/aromatic N) is 1. The molecule has 134 valence electrons. The van der Waals surface area contributed by atoms with E-state index < -0.39 is 0 Å². The Bertz CT molecular complexity index is 644. The lowest BCUT2D eigenvalue weighted by Gasteiger charge is -2.53. The van der Waals surface area contributed by atoms with Crippen LogP contribution in [-0.2, 0) is 9.53 Å². The summed E-state index contributed by atoms with van der Waals surface area (Å²) in [5.74, 6) is 1.47. The van der Waals surface area contributed by atoms with Gasteiger partial charge in [0.2, 0.25) is 5.91 Å². The molecule has 3 fully saturated rings. The molecule has 2 saturated heterocycles.